The second kappa shape index (κ2) is 7.42. The summed E-state index contributed by atoms with van der Waals surface area (Å²) in [5, 5.41) is 5.16. The molecule has 21 heavy (non-hydrogen) atoms. The highest BCUT2D eigenvalue weighted by Crippen LogP contribution is 2.24. The van der Waals surface area contributed by atoms with Gasteiger partial charge in [-0.2, -0.15) is 11.8 Å². The number of amides is 1. The van der Waals surface area contributed by atoms with Crippen molar-refractivity contribution in [3.63, 3.8) is 0 Å². The second-order valence-corrected chi connectivity index (χ2v) is 6.13. The van der Waals surface area contributed by atoms with E-state index in [0.29, 0.717) is 16.6 Å². The van der Waals surface area contributed by atoms with Crippen molar-refractivity contribution in [3.8, 4) is 5.75 Å². The van der Waals surface area contributed by atoms with Crippen LogP contribution in [0, 0.1) is 5.82 Å². The lowest BCUT2D eigenvalue weighted by atomic mass is 10.2. The summed E-state index contributed by atoms with van der Waals surface area (Å²) in [5.41, 5.74) is 1.80. The van der Waals surface area contributed by atoms with E-state index in [1.54, 1.807) is 17.8 Å². The summed E-state index contributed by atoms with van der Waals surface area (Å²) in [5.74, 6) is 1.18. The van der Waals surface area contributed by atoms with Crippen molar-refractivity contribution in [2.24, 2.45) is 0 Å². The van der Waals surface area contributed by atoms with Gasteiger partial charge in [-0.3, -0.25) is 4.79 Å². The molecule has 0 fully saturated rings. The van der Waals surface area contributed by atoms with Gasteiger partial charge in [-0.25, -0.2) is 9.37 Å². The number of methoxy groups -OCH3 is 1. The fourth-order valence-corrected chi connectivity index (χ4v) is 3.39. The number of nitrogens with one attached hydrogen (secondary N) is 1. The first-order valence-corrected chi connectivity index (χ1v) is 8.24. The molecule has 1 N–H and O–H groups in total. The quantitative estimate of drug-likeness (QED) is 0.880. The molecule has 0 saturated heterocycles. The molecule has 0 aliphatic heterocycles. The summed E-state index contributed by atoms with van der Waals surface area (Å²) in [4.78, 5) is 15.2. The van der Waals surface area contributed by atoms with E-state index < -0.39 is 0 Å². The monoisotopic (exact) mass is 326 g/mol. The van der Waals surface area contributed by atoms with Gasteiger partial charge in [0, 0.05) is 23.8 Å². The Morgan fingerprint density at radius 3 is 2.95 bits per heavy atom. The number of aromatic nitrogens is 1. The fourth-order valence-electron chi connectivity index (χ4n) is 1.65. The second-order valence-electron chi connectivity index (χ2n) is 4.29. The summed E-state index contributed by atoms with van der Waals surface area (Å²) in [6.45, 7) is 1.45. The largest absolute Gasteiger partial charge is 0.494 e. The van der Waals surface area contributed by atoms with Gasteiger partial charge in [-0.1, -0.05) is 6.07 Å². The van der Waals surface area contributed by atoms with Gasteiger partial charge in [-0.05, 0) is 17.7 Å². The summed E-state index contributed by atoms with van der Waals surface area (Å²) in [6.07, 6.45) is 0. The van der Waals surface area contributed by atoms with Crippen LogP contribution >= 0.6 is 23.1 Å². The highest BCUT2D eigenvalue weighted by Gasteiger charge is 2.06. The first-order chi connectivity index (χ1) is 10.1. The van der Waals surface area contributed by atoms with Gasteiger partial charge in [0.05, 0.1) is 12.8 Å². The molecular formula is C14H15FN2O2S2. The molecule has 0 unspecified atom stereocenters. The molecule has 0 aliphatic carbocycles. The molecule has 1 aromatic carbocycles. The van der Waals surface area contributed by atoms with Gasteiger partial charge in [0.2, 0.25) is 5.91 Å². The van der Waals surface area contributed by atoms with Crippen molar-refractivity contribution in [1.29, 1.82) is 0 Å². The Bertz CT molecular complexity index is 631. The van der Waals surface area contributed by atoms with E-state index in [1.807, 2.05) is 11.4 Å². The highest BCUT2D eigenvalue weighted by molar-refractivity contribution is 7.97. The van der Waals surface area contributed by atoms with E-state index in [9.17, 15) is 9.18 Å². The highest BCUT2D eigenvalue weighted by atomic mass is 32.2. The normalized spacial score (nSPS) is 10.4. The van der Waals surface area contributed by atoms with Crippen LogP contribution in [-0.4, -0.2) is 18.0 Å². The van der Waals surface area contributed by atoms with Gasteiger partial charge in [-0.15, -0.1) is 11.3 Å². The van der Waals surface area contributed by atoms with Crippen LogP contribution in [0.5, 0.6) is 5.75 Å². The molecule has 0 bridgehead atoms. The Morgan fingerprint density at radius 1 is 1.48 bits per heavy atom. The molecule has 2 rings (SSSR count). The minimum atomic E-state index is -0.350. The topological polar surface area (TPSA) is 51.2 Å². The number of carbonyl (C=O) groups is 1. The van der Waals surface area contributed by atoms with E-state index in [2.05, 4.69) is 10.3 Å². The zero-order chi connectivity index (χ0) is 15.2. The number of ether oxygens (including phenoxy) is 1. The first-order valence-electron chi connectivity index (χ1n) is 6.20. The third kappa shape index (κ3) is 4.71. The van der Waals surface area contributed by atoms with Gasteiger partial charge < -0.3 is 10.1 Å². The third-order valence-corrected chi connectivity index (χ3v) is 4.41. The average Bonchev–Trinajstić information content (AvgIpc) is 2.85. The number of halogens is 1. The van der Waals surface area contributed by atoms with Crippen LogP contribution in [0.15, 0.2) is 23.6 Å². The molecule has 1 heterocycles. The van der Waals surface area contributed by atoms with E-state index in [1.165, 1.54) is 31.4 Å². The lowest BCUT2D eigenvalue weighted by Gasteiger charge is -2.04. The number of thiazole rings is 1. The Labute approximate surface area is 130 Å². The first kappa shape index (κ1) is 15.8. The number of hydrogen-bond acceptors (Lipinski definition) is 5. The Hall–Kier alpha value is -1.60. The van der Waals surface area contributed by atoms with Crippen LogP contribution in [-0.2, 0) is 16.3 Å². The minimum absolute atomic E-state index is 0.128. The zero-order valence-electron chi connectivity index (χ0n) is 11.7. The average molecular weight is 326 g/mol. The van der Waals surface area contributed by atoms with Gasteiger partial charge in [0.1, 0.15) is 0 Å². The van der Waals surface area contributed by atoms with Crippen molar-refractivity contribution >= 4 is 34.1 Å². The summed E-state index contributed by atoms with van der Waals surface area (Å²) >= 11 is 3.04. The number of thioether (sulfide) groups is 1. The van der Waals surface area contributed by atoms with Gasteiger partial charge in [0.25, 0.3) is 0 Å². The predicted molar refractivity (Wildman–Crippen MR) is 84.4 cm³/mol. The van der Waals surface area contributed by atoms with E-state index in [0.717, 1.165) is 11.3 Å². The van der Waals surface area contributed by atoms with E-state index >= 15 is 0 Å². The molecule has 0 saturated carbocycles. The number of anilines is 1. The fraction of sp³-hybridized carbons (Fsp3) is 0.286. The van der Waals surface area contributed by atoms with Crippen LogP contribution in [0.4, 0.5) is 9.52 Å². The van der Waals surface area contributed by atoms with Crippen LogP contribution in [0.1, 0.15) is 18.2 Å². The van der Waals surface area contributed by atoms with Crippen molar-refractivity contribution in [2.75, 3.05) is 12.4 Å². The van der Waals surface area contributed by atoms with Crippen molar-refractivity contribution < 1.29 is 13.9 Å². The van der Waals surface area contributed by atoms with Crippen LogP contribution in [0.2, 0.25) is 0 Å². The molecule has 1 aromatic heterocycles. The maximum absolute atomic E-state index is 13.5. The summed E-state index contributed by atoms with van der Waals surface area (Å²) in [6, 6.07) is 4.96. The minimum Gasteiger partial charge on any atom is -0.494 e. The zero-order valence-corrected chi connectivity index (χ0v) is 13.3. The number of rotatable bonds is 6. The molecule has 0 radical (unpaired) electrons. The maximum atomic E-state index is 13.5. The molecule has 7 heteroatoms. The van der Waals surface area contributed by atoms with Crippen molar-refractivity contribution in [3.05, 3.63) is 40.7 Å². The molecule has 112 valence electrons. The standard InChI is InChI=1S/C14H15FN2O2S2/c1-9(18)16-14-17-11(8-21-14)7-20-6-10-3-4-13(19-2)12(15)5-10/h3-5,8H,6-7H2,1-2H3,(H,16,17,18). The van der Waals surface area contributed by atoms with Gasteiger partial charge >= 0.3 is 0 Å². The maximum Gasteiger partial charge on any atom is 0.223 e. The van der Waals surface area contributed by atoms with Crippen molar-refractivity contribution in [2.45, 2.75) is 18.4 Å². The van der Waals surface area contributed by atoms with Crippen molar-refractivity contribution in [1.82, 2.24) is 4.98 Å². The van der Waals surface area contributed by atoms with E-state index in [4.69, 9.17) is 4.74 Å². The lowest BCUT2D eigenvalue weighted by Crippen LogP contribution is -2.05. The Kier molecular flexibility index (Phi) is 5.58. The summed E-state index contributed by atoms with van der Waals surface area (Å²) < 4.78 is 18.4. The predicted octanol–water partition coefficient (Wildman–Crippen LogP) is 3.68. The SMILES string of the molecule is COc1ccc(CSCc2csc(NC(C)=O)n2)cc1F. The number of nitrogens with zero attached hydrogens (tertiary/aromatic N) is 1. The number of benzene rings is 1. The molecular weight excluding hydrogens is 311 g/mol. The van der Waals surface area contributed by atoms with Crippen LogP contribution < -0.4 is 10.1 Å². The van der Waals surface area contributed by atoms with Gasteiger partial charge in [0.15, 0.2) is 16.7 Å². The smallest absolute Gasteiger partial charge is 0.223 e. The number of hydrogen-bond donors (Lipinski definition) is 1. The summed E-state index contributed by atoms with van der Waals surface area (Å²) in [7, 11) is 1.45. The van der Waals surface area contributed by atoms with Crippen LogP contribution in [0.25, 0.3) is 0 Å². The number of carbonyl (C=O) groups excluding carboxylic acids is 1. The molecule has 1 amide bonds. The molecule has 2 aromatic rings. The molecule has 0 aliphatic rings. The molecule has 0 atom stereocenters. The van der Waals surface area contributed by atoms with Crippen LogP contribution in [0.3, 0.4) is 0 Å². The molecule has 4 nitrogen and oxygen atoms in total. The third-order valence-electron chi connectivity index (χ3n) is 2.57. The Morgan fingerprint density at radius 2 is 2.29 bits per heavy atom. The Balaban J connectivity index is 1.85. The van der Waals surface area contributed by atoms with E-state index in [-0.39, 0.29) is 17.5 Å². The lowest BCUT2D eigenvalue weighted by molar-refractivity contribution is -0.114. The molecule has 0 spiro atoms.